The van der Waals surface area contributed by atoms with Crippen LogP contribution in [0.2, 0.25) is 0 Å². The number of aliphatic hydroxyl groups is 1. The van der Waals surface area contributed by atoms with Gasteiger partial charge < -0.3 is 9.84 Å². The third kappa shape index (κ3) is 9.65. The Bertz CT molecular complexity index is 294. The average Bonchev–Trinajstić information content (AvgIpc) is 2.29. The van der Waals surface area contributed by atoms with Gasteiger partial charge in [0.15, 0.2) is 0 Å². The molecule has 1 N–H and O–H groups in total. The molecule has 0 aliphatic heterocycles. The van der Waals surface area contributed by atoms with Crippen LogP contribution in [0.25, 0.3) is 0 Å². The van der Waals surface area contributed by atoms with Crippen molar-refractivity contribution in [3.05, 3.63) is 11.6 Å². The molecule has 0 unspecified atom stereocenters. The zero-order chi connectivity index (χ0) is 12.9. The number of carbonyl (C=O) groups is 1. The maximum absolute atomic E-state index is 11.2. The van der Waals surface area contributed by atoms with Crippen LogP contribution in [-0.2, 0) is 9.53 Å². The number of carbonyl (C=O) groups excluding carboxylic acids is 1. The smallest absolute Gasteiger partial charge is 0.331 e. The number of unbranched alkanes of at least 4 members (excludes halogenated alkanes) is 3. The second kappa shape index (κ2) is 11.2. The molecular weight excluding hydrogens is 216 g/mol. The van der Waals surface area contributed by atoms with E-state index in [1.807, 2.05) is 0 Å². The topological polar surface area (TPSA) is 46.5 Å². The molecule has 0 bridgehead atoms. The highest BCUT2D eigenvalue weighted by Crippen LogP contribution is 2.02. The van der Waals surface area contributed by atoms with Crippen LogP contribution in [0, 0.1) is 11.8 Å². The van der Waals surface area contributed by atoms with E-state index in [-0.39, 0.29) is 12.6 Å². The van der Waals surface area contributed by atoms with E-state index < -0.39 is 0 Å². The van der Waals surface area contributed by atoms with Gasteiger partial charge in [-0.2, -0.15) is 0 Å². The summed E-state index contributed by atoms with van der Waals surface area (Å²) >= 11 is 0. The highest BCUT2D eigenvalue weighted by Gasteiger charge is 1.99. The minimum Gasteiger partial charge on any atom is -0.463 e. The van der Waals surface area contributed by atoms with Crippen molar-refractivity contribution < 1.29 is 14.6 Å². The lowest BCUT2D eigenvalue weighted by atomic mass is 10.1. The highest BCUT2D eigenvalue weighted by molar-refractivity contribution is 5.83. The van der Waals surface area contributed by atoms with E-state index in [1.165, 1.54) is 18.9 Å². The van der Waals surface area contributed by atoms with Gasteiger partial charge in [0.25, 0.3) is 0 Å². The van der Waals surface area contributed by atoms with E-state index in [0.29, 0.717) is 18.6 Å². The third-order valence-electron chi connectivity index (χ3n) is 2.11. The number of esters is 1. The summed E-state index contributed by atoms with van der Waals surface area (Å²) in [4.78, 5) is 11.2. The summed E-state index contributed by atoms with van der Waals surface area (Å²) in [6, 6.07) is 0. The summed E-state index contributed by atoms with van der Waals surface area (Å²) in [7, 11) is 0. The standard InChI is InChI=1S/C14H22O3/c1-3-5-6-7-8-9-13(10-11-15)12-14(16)17-4-2/h12,15H,3-7,10-11H2,1-2H3/b13-12-. The predicted molar refractivity (Wildman–Crippen MR) is 68.3 cm³/mol. The van der Waals surface area contributed by atoms with Gasteiger partial charge in [0, 0.05) is 31.1 Å². The number of ether oxygens (including phenoxy) is 1. The molecule has 3 heteroatoms. The van der Waals surface area contributed by atoms with Gasteiger partial charge in [-0.3, -0.25) is 0 Å². The van der Waals surface area contributed by atoms with Crippen LogP contribution in [0.4, 0.5) is 0 Å². The monoisotopic (exact) mass is 238 g/mol. The molecule has 96 valence electrons. The summed E-state index contributed by atoms with van der Waals surface area (Å²) < 4.78 is 4.80. The SMILES string of the molecule is CCCCCC#C/C(=C/C(=O)OCC)CCO. The molecule has 0 radical (unpaired) electrons. The first kappa shape index (κ1) is 15.7. The summed E-state index contributed by atoms with van der Waals surface area (Å²) in [5.74, 6) is 5.54. The Hall–Kier alpha value is -1.27. The lowest BCUT2D eigenvalue weighted by Gasteiger charge is -1.98. The van der Waals surface area contributed by atoms with Gasteiger partial charge in [0.2, 0.25) is 0 Å². The van der Waals surface area contributed by atoms with Crippen LogP contribution in [0.3, 0.4) is 0 Å². The molecule has 0 spiro atoms. The third-order valence-corrected chi connectivity index (χ3v) is 2.11. The molecule has 3 nitrogen and oxygen atoms in total. The molecule has 0 saturated carbocycles. The van der Waals surface area contributed by atoms with Crippen molar-refractivity contribution in [3.63, 3.8) is 0 Å². The van der Waals surface area contributed by atoms with Crippen LogP contribution in [0.1, 0.15) is 46.0 Å². The van der Waals surface area contributed by atoms with Crippen molar-refractivity contribution in [1.29, 1.82) is 0 Å². The first-order valence-corrected chi connectivity index (χ1v) is 6.21. The molecule has 0 saturated heterocycles. The predicted octanol–water partition coefficient (Wildman–Crippen LogP) is 2.44. The van der Waals surface area contributed by atoms with E-state index in [2.05, 4.69) is 18.8 Å². The molecular formula is C14H22O3. The minimum absolute atomic E-state index is 0.00508. The zero-order valence-corrected chi connectivity index (χ0v) is 10.8. The molecule has 0 aromatic carbocycles. The van der Waals surface area contributed by atoms with Crippen LogP contribution in [-0.4, -0.2) is 24.3 Å². The Labute approximate surface area is 104 Å². The van der Waals surface area contributed by atoms with E-state index in [0.717, 1.165) is 12.8 Å². The van der Waals surface area contributed by atoms with Crippen LogP contribution < -0.4 is 0 Å². The van der Waals surface area contributed by atoms with Crippen molar-refractivity contribution in [2.75, 3.05) is 13.2 Å². The lowest BCUT2D eigenvalue weighted by Crippen LogP contribution is -2.01. The van der Waals surface area contributed by atoms with Gasteiger partial charge in [-0.25, -0.2) is 4.79 Å². The van der Waals surface area contributed by atoms with E-state index in [4.69, 9.17) is 9.84 Å². The summed E-state index contributed by atoms with van der Waals surface area (Å²) in [6.45, 7) is 4.25. The zero-order valence-electron chi connectivity index (χ0n) is 10.8. The number of aliphatic hydroxyl groups excluding tert-OH is 1. The Morgan fingerprint density at radius 2 is 2.12 bits per heavy atom. The lowest BCUT2D eigenvalue weighted by molar-refractivity contribution is -0.137. The summed E-state index contributed by atoms with van der Waals surface area (Å²) in [6.07, 6.45) is 6.02. The number of hydrogen-bond donors (Lipinski definition) is 1. The highest BCUT2D eigenvalue weighted by atomic mass is 16.5. The maximum atomic E-state index is 11.2. The molecule has 0 aliphatic rings. The van der Waals surface area contributed by atoms with Gasteiger partial charge in [-0.1, -0.05) is 31.6 Å². The fourth-order valence-electron chi connectivity index (χ4n) is 1.26. The normalized spacial score (nSPS) is 10.6. The van der Waals surface area contributed by atoms with Gasteiger partial charge >= 0.3 is 5.97 Å². The van der Waals surface area contributed by atoms with Gasteiger partial charge in [-0.05, 0) is 13.3 Å². The summed E-state index contributed by atoms with van der Waals surface area (Å²) in [5.41, 5.74) is 0.641. The first-order valence-electron chi connectivity index (χ1n) is 6.21. The Balaban J connectivity index is 4.26. The Morgan fingerprint density at radius 3 is 2.71 bits per heavy atom. The van der Waals surface area contributed by atoms with Crippen molar-refractivity contribution in [2.24, 2.45) is 0 Å². The minimum atomic E-state index is -0.390. The molecule has 0 atom stereocenters. The fourth-order valence-corrected chi connectivity index (χ4v) is 1.26. The Kier molecular flexibility index (Phi) is 10.4. The quantitative estimate of drug-likeness (QED) is 0.321. The molecule has 0 fully saturated rings. The fraction of sp³-hybridized carbons (Fsp3) is 0.643. The molecule has 0 aliphatic carbocycles. The van der Waals surface area contributed by atoms with Crippen molar-refractivity contribution in [3.8, 4) is 11.8 Å². The largest absolute Gasteiger partial charge is 0.463 e. The summed E-state index contributed by atoms with van der Waals surface area (Å²) in [5, 5.41) is 8.86. The van der Waals surface area contributed by atoms with Gasteiger partial charge in [0.05, 0.1) is 6.61 Å². The number of rotatable bonds is 7. The van der Waals surface area contributed by atoms with Crippen molar-refractivity contribution in [1.82, 2.24) is 0 Å². The van der Waals surface area contributed by atoms with Gasteiger partial charge in [0.1, 0.15) is 0 Å². The number of hydrogen-bond acceptors (Lipinski definition) is 3. The van der Waals surface area contributed by atoms with Crippen molar-refractivity contribution in [2.45, 2.75) is 46.0 Å². The second-order valence-electron chi connectivity index (χ2n) is 3.65. The Morgan fingerprint density at radius 1 is 1.35 bits per heavy atom. The van der Waals surface area contributed by atoms with Crippen molar-refractivity contribution >= 4 is 5.97 Å². The van der Waals surface area contributed by atoms with Crippen LogP contribution >= 0.6 is 0 Å². The van der Waals surface area contributed by atoms with Gasteiger partial charge in [-0.15, -0.1) is 0 Å². The molecule has 0 amide bonds. The molecule has 0 aromatic heterocycles. The molecule has 0 aromatic rings. The van der Waals surface area contributed by atoms with E-state index in [1.54, 1.807) is 6.92 Å². The molecule has 17 heavy (non-hydrogen) atoms. The average molecular weight is 238 g/mol. The van der Waals surface area contributed by atoms with Crippen LogP contribution in [0.5, 0.6) is 0 Å². The van der Waals surface area contributed by atoms with E-state index in [9.17, 15) is 4.79 Å². The second-order valence-corrected chi connectivity index (χ2v) is 3.65. The maximum Gasteiger partial charge on any atom is 0.331 e. The molecule has 0 rings (SSSR count). The molecule has 0 heterocycles. The van der Waals surface area contributed by atoms with E-state index >= 15 is 0 Å². The first-order chi connectivity index (χ1) is 8.24. The van der Waals surface area contributed by atoms with Crippen LogP contribution in [0.15, 0.2) is 11.6 Å².